The lowest BCUT2D eigenvalue weighted by Crippen LogP contribution is -2.33. The molecule has 1 aromatic rings. The molecule has 1 aromatic heterocycles. The summed E-state index contributed by atoms with van der Waals surface area (Å²) < 4.78 is 1.71. The quantitative estimate of drug-likeness (QED) is 0.746. The lowest BCUT2D eigenvalue weighted by Gasteiger charge is -2.22. The second-order valence-corrected chi connectivity index (χ2v) is 5.19. The Kier molecular flexibility index (Phi) is 4.54. The smallest absolute Gasteiger partial charge is 0.313 e. The number of aliphatic carboxylic acids is 1. The van der Waals surface area contributed by atoms with Crippen LogP contribution in [0.4, 0.5) is 0 Å². The average Bonchev–Trinajstić information content (AvgIpc) is 2.96. The number of likely N-dealkylation sites (tertiary alicyclic amines) is 1. The summed E-state index contributed by atoms with van der Waals surface area (Å²) >= 11 is 1.16. The van der Waals surface area contributed by atoms with Gasteiger partial charge in [0.2, 0.25) is 5.16 Å². The number of carboxylic acids is 1. The summed E-state index contributed by atoms with van der Waals surface area (Å²) in [4.78, 5) is 13.0. The molecule has 1 unspecified atom stereocenters. The topological polar surface area (TPSA) is 84.1 Å². The maximum atomic E-state index is 10.5. The first-order valence-corrected chi connectivity index (χ1v) is 7.04. The van der Waals surface area contributed by atoms with E-state index in [0.717, 1.165) is 37.8 Å². The number of tetrazole rings is 1. The lowest BCUT2D eigenvalue weighted by molar-refractivity contribution is -0.133. The highest BCUT2D eigenvalue weighted by Gasteiger charge is 2.24. The average molecular weight is 271 g/mol. The molecule has 0 spiro atoms. The number of aromatic nitrogens is 4. The SMILES string of the molecule is CCN1CCCC1Cn1nnnc1SCC(=O)O. The summed E-state index contributed by atoms with van der Waals surface area (Å²) in [6, 6.07) is 0.461. The molecule has 0 radical (unpaired) electrons. The molecule has 100 valence electrons. The van der Waals surface area contributed by atoms with Gasteiger partial charge in [0.1, 0.15) is 0 Å². The summed E-state index contributed by atoms with van der Waals surface area (Å²) in [7, 11) is 0. The summed E-state index contributed by atoms with van der Waals surface area (Å²) in [5.74, 6) is -0.867. The highest BCUT2D eigenvalue weighted by Crippen LogP contribution is 2.20. The fraction of sp³-hybridized carbons (Fsp3) is 0.800. The van der Waals surface area contributed by atoms with Crippen LogP contribution in [0.5, 0.6) is 0 Å². The van der Waals surface area contributed by atoms with Crippen molar-refractivity contribution in [1.29, 1.82) is 0 Å². The van der Waals surface area contributed by atoms with Crippen LogP contribution < -0.4 is 0 Å². The Bertz CT molecular complexity index is 411. The molecule has 1 aliphatic heterocycles. The molecule has 1 N–H and O–H groups in total. The molecule has 0 aromatic carbocycles. The summed E-state index contributed by atoms with van der Waals surface area (Å²) in [5.41, 5.74) is 0. The predicted molar refractivity (Wildman–Crippen MR) is 66.4 cm³/mol. The van der Waals surface area contributed by atoms with Crippen molar-refractivity contribution in [2.24, 2.45) is 0 Å². The minimum Gasteiger partial charge on any atom is -0.481 e. The first kappa shape index (κ1) is 13.3. The van der Waals surface area contributed by atoms with E-state index in [1.165, 1.54) is 6.42 Å². The Hall–Kier alpha value is -1.15. The van der Waals surface area contributed by atoms with Crippen molar-refractivity contribution in [2.75, 3.05) is 18.8 Å². The van der Waals surface area contributed by atoms with Gasteiger partial charge in [0.25, 0.3) is 0 Å². The predicted octanol–water partition coefficient (Wildman–Crippen LogP) is 0.334. The van der Waals surface area contributed by atoms with E-state index in [2.05, 4.69) is 27.3 Å². The Labute approximate surface area is 110 Å². The summed E-state index contributed by atoms with van der Waals surface area (Å²) in [5, 5.41) is 20.7. The fourth-order valence-electron chi connectivity index (χ4n) is 2.26. The standard InChI is InChI=1S/C10H17N5O2S/c1-2-14-5-3-4-8(14)6-15-10(11-12-13-15)18-7-9(16)17/h8H,2-7H2,1H3,(H,16,17). The van der Waals surface area contributed by atoms with Gasteiger partial charge in [0, 0.05) is 6.04 Å². The molecule has 1 aliphatic rings. The van der Waals surface area contributed by atoms with Crippen molar-refractivity contribution >= 4 is 17.7 Å². The molecule has 18 heavy (non-hydrogen) atoms. The minimum atomic E-state index is -0.856. The van der Waals surface area contributed by atoms with E-state index in [9.17, 15) is 4.79 Å². The van der Waals surface area contributed by atoms with Crippen molar-refractivity contribution in [3.63, 3.8) is 0 Å². The van der Waals surface area contributed by atoms with E-state index in [0.29, 0.717) is 11.2 Å². The Balaban J connectivity index is 1.96. The third kappa shape index (κ3) is 3.20. The Morgan fingerprint density at radius 1 is 1.61 bits per heavy atom. The molecular formula is C10H17N5O2S. The molecule has 1 atom stereocenters. The van der Waals surface area contributed by atoms with Crippen LogP contribution in [0.15, 0.2) is 5.16 Å². The van der Waals surface area contributed by atoms with Crippen LogP contribution in [0.1, 0.15) is 19.8 Å². The minimum absolute atomic E-state index is 0.0114. The summed E-state index contributed by atoms with van der Waals surface area (Å²) in [6.07, 6.45) is 2.36. The van der Waals surface area contributed by atoms with E-state index in [1.807, 2.05) is 0 Å². The molecule has 7 nitrogen and oxygen atoms in total. The van der Waals surface area contributed by atoms with Crippen LogP contribution in [0, 0.1) is 0 Å². The molecule has 1 saturated heterocycles. The number of likely N-dealkylation sites (N-methyl/N-ethyl adjacent to an activating group) is 1. The van der Waals surface area contributed by atoms with Gasteiger partial charge in [-0.15, -0.1) is 5.10 Å². The van der Waals surface area contributed by atoms with Crippen molar-refractivity contribution in [1.82, 2.24) is 25.1 Å². The summed E-state index contributed by atoms with van der Waals surface area (Å²) in [6.45, 7) is 5.05. The van der Waals surface area contributed by atoms with Crippen LogP contribution in [0.3, 0.4) is 0 Å². The molecule has 0 saturated carbocycles. The number of nitrogens with zero attached hydrogens (tertiary/aromatic N) is 5. The molecule has 0 aliphatic carbocycles. The molecular weight excluding hydrogens is 254 g/mol. The van der Waals surface area contributed by atoms with Gasteiger partial charge in [0.05, 0.1) is 12.3 Å². The first-order valence-electron chi connectivity index (χ1n) is 6.05. The Morgan fingerprint density at radius 3 is 3.17 bits per heavy atom. The van der Waals surface area contributed by atoms with E-state index in [-0.39, 0.29) is 5.75 Å². The van der Waals surface area contributed by atoms with Crippen molar-refractivity contribution < 1.29 is 9.90 Å². The van der Waals surface area contributed by atoms with Gasteiger partial charge >= 0.3 is 5.97 Å². The molecule has 2 rings (SSSR count). The zero-order valence-corrected chi connectivity index (χ0v) is 11.1. The number of carbonyl (C=O) groups is 1. The molecule has 1 fully saturated rings. The number of hydrogen-bond donors (Lipinski definition) is 1. The maximum Gasteiger partial charge on any atom is 0.313 e. The van der Waals surface area contributed by atoms with Crippen LogP contribution in [-0.4, -0.2) is 61.1 Å². The largest absolute Gasteiger partial charge is 0.481 e. The van der Waals surface area contributed by atoms with Gasteiger partial charge in [-0.05, 0) is 36.4 Å². The van der Waals surface area contributed by atoms with Crippen LogP contribution in [0.2, 0.25) is 0 Å². The fourth-order valence-corrected chi connectivity index (χ4v) is 2.87. The Morgan fingerprint density at radius 2 is 2.44 bits per heavy atom. The van der Waals surface area contributed by atoms with Gasteiger partial charge in [0.15, 0.2) is 0 Å². The normalized spacial score (nSPS) is 20.4. The molecule has 0 bridgehead atoms. The van der Waals surface area contributed by atoms with Crippen LogP contribution >= 0.6 is 11.8 Å². The van der Waals surface area contributed by atoms with Crippen LogP contribution in [-0.2, 0) is 11.3 Å². The zero-order chi connectivity index (χ0) is 13.0. The number of rotatable bonds is 6. The van der Waals surface area contributed by atoms with Gasteiger partial charge in [-0.1, -0.05) is 18.7 Å². The number of hydrogen-bond acceptors (Lipinski definition) is 6. The van der Waals surface area contributed by atoms with Crippen molar-refractivity contribution in [2.45, 2.75) is 37.5 Å². The second kappa shape index (κ2) is 6.14. The van der Waals surface area contributed by atoms with E-state index in [1.54, 1.807) is 4.68 Å². The lowest BCUT2D eigenvalue weighted by atomic mass is 10.2. The van der Waals surface area contributed by atoms with Crippen molar-refractivity contribution in [3.05, 3.63) is 0 Å². The van der Waals surface area contributed by atoms with E-state index in [4.69, 9.17) is 5.11 Å². The van der Waals surface area contributed by atoms with E-state index < -0.39 is 5.97 Å². The maximum absolute atomic E-state index is 10.5. The molecule has 8 heteroatoms. The number of carboxylic acid groups (broad SMARTS) is 1. The highest BCUT2D eigenvalue weighted by molar-refractivity contribution is 7.99. The van der Waals surface area contributed by atoms with Gasteiger partial charge in [-0.2, -0.15) is 0 Å². The third-order valence-electron chi connectivity index (χ3n) is 3.11. The van der Waals surface area contributed by atoms with Gasteiger partial charge in [-0.3, -0.25) is 9.69 Å². The van der Waals surface area contributed by atoms with Crippen molar-refractivity contribution in [3.8, 4) is 0 Å². The second-order valence-electron chi connectivity index (χ2n) is 4.25. The third-order valence-corrected chi connectivity index (χ3v) is 4.05. The van der Waals surface area contributed by atoms with Gasteiger partial charge < -0.3 is 5.11 Å². The highest BCUT2D eigenvalue weighted by atomic mass is 32.2. The number of thioether (sulfide) groups is 1. The molecule has 2 heterocycles. The monoisotopic (exact) mass is 271 g/mol. The zero-order valence-electron chi connectivity index (χ0n) is 10.3. The van der Waals surface area contributed by atoms with Gasteiger partial charge in [-0.25, -0.2) is 4.68 Å². The van der Waals surface area contributed by atoms with E-state index >= 15 is 0 Å². The first-order chi connectivity index (χ1) is 8.70. The molecule has 0 amide bonds. The van der Waals surface area contributed by atoms with Crippen LogP contribution in [0.25, 0.3) is 0 Å².